The number of furan rings is 1. The van der Waals surface area contributed by atoms with Gasteiger partial charge >= 0.3 is 0 Å². The summed E-state index contributed by atoms with van der Waals surface area (Å²) in [4.78, 5) is 2.47. The van der Waals surface area contributed by atoms with E-state index in [9.17, 15) is 0 Å². The highest BCUT2D eigenvalue weighted by molar-refractivity contribution is 7.26. The Kier molecular flexibility index (Phi) is 6.21. The molecule has 0 saturated carbocycles. The number of hydrogen-bond donors (Lipinski definition) is 0. The van der Waals surface area contributed by atoms with Gasteiger partial charge in [-0.3, -0.25) is 0 Å². The van der Waals surface area contributed by atoms with Crippen molar-refractivity contribution in [1.82, 2.24) is 0 Å². The first kappa shape index (κ1) is 29.6. The molecule has 3 heteroatoms. The van der Waals surface area contributed by atoms with Crippen LogP contribution in [0.3, 0.4) is 0 Å². The van der Waals surface area contributed by atoms with Crippen molar-refractivity contribution in [1.29, 1.82) is 0 Å². The van der Waals surface area contributed by atoms with Gasteiger partial charge in [-0.25, -0.2) is 0 Å². The van der Waals surface area contributed by atoms with Crippen LogP contribution in [-0.4, -0.2) is 0 Å². The zero-order valence-electron chi connectivity index (χ0n) is 28.9. The Hall–Kier alpha value is -6.16. The summed E-state index contributed by atoms with van der Waals surface area (Å²) < 4.78 is 9.19. The Labute approximate surface area is 305 Å². The molecule has 0 aliphatic heterocycles. The smallest absolute Gasteiger partial charge is 0.143 e. The highest BCUT2D eigenvalue weighted by Crippen LogP contribution is 2.54. The highest BCUT2D eigenvalue weighted by atomic mass is 32.1. The molecule has 8 aromatic carbocycles. The summed E-state index contributed by atoms with van der Waals surface area (Å²) in [6.45, 7) is 4.71. The minimum atomic E-state index is -0.101. The predicted octanol–water partition coefficient (Wildman–Crippen LogP) is 14.6. The van der Waals surface area contributed by atoms with Crippen LogP contribution >= 0.6 is 11.3 Å². The van der Waals surface area contributed by atoms with Gasteiger partial charge in [0.25, 0.3) is 0 Å². The molecule has 11 rings (SSSR count). The van der Waals surface area contributed by atoms with Gasteiger partial charge in [-0.2, -0.15) is 0 Å². The summed E-state index contributed by atoms with van der Waals surface area (Å²) in [5, 5.41) is 7.21. The zero-order valence-corrected chi connectivity index (χ0v) is 29.7. The van der Waals surface area contributed by atoms with Crippen molar-refractivity contribution < 1.29 is 4.42 Å². The molecule has 10 aromatic rings. The maximum absolute atomic E-state index is 6.65. The number of benzene rings is 8. The molecule has 0 spiro atoms. The van der Waals surface area contributed by atoms with E-state index in [0.29, 0.717) is 0 Å². The minimum absolute atomic E-state index is 0.101. The third-order valence-corrected chi connectivity index (χ3v) is 12.4. The van der Waals surface area contributed by atoms with Crippen LogP contribution < -0.4 is 4.90 Å². The van der Waals surface area contributed by atoms with Gasteiger partial charge in [-0.15, -0.1) is 11.3 Å². The molecule has 1 aliphatic carbocycles. The van der Waals surface area contributed by atoms with Gasteiger partial charge < -0.3 is 9.32 Å². The van der Waals surface area contributed by atoms with Gasteiger partial charge in [0.1, 0.15) is 11.2 Å². The topological polar surface area (TPSA) is 16.4 Å². The summed E-state index contributed by atoms with van der Waals surface area (Å²) in [7, 11) is 0. The van der Waals surface area contributed by atoms with Crippen molar-refractivity contribution in [3.63, 3.8) is 0 Å². The molecule has 2 nitrogen and oxygen atoms in total. The Bertz CT molecular complexity index is 3040. The third kappa shape index (κ3) is 4.17. The molecule has 0 saturated heterocycles. The van der Waals surface area contributed by atoms with Gasteiger partial charge in [0, 0.05) is 58.7 Å². The van der Waals surface area contributed by atoms with Crippen molar-refractivity contribution in [2.45, 2.75) is 19.3 Å². The van der Waals surface area contributed by atoms with Crippen molar-refractivity contribution in [3.05, 3.63) is 175 Å². The first-order valence-electron chi connectivity index (χ1n) is 17.9. The van der Waals surface area contributed by atoms with E-state index in [1.165, 1.54) is 70.0 Å². The second-order valence-electron chi connectivity index (χ2n) is 14.5. The second-order valence-corrected chi connectivity index (χ2v) is 15.6. The molecule has 2 heterocycles. The van der Waals surface area contributed by atoms with Crippen molar-refractivity contribution in [2.75, 3.05) is 4.90 Å². The lowest BCUT2D eigenvalue weighted by atomic mass is 9.82. The van der Waals surface area contributed by atoms with E-state index in [4.69, 9.17) is 4.42 Å². The summed E-state index contributed by atoms with van der Waals surface area (Å²) in [5.74, 6) is 0. The Balaban J connectivity index is 1.18. The van der Waals surface area contributed by atoms with Crippen LogP contribution in [0.5, 0.6) is 0 Å². The molecule has 1 aliphatic rings. The highest BCUT2D eigenvalue weighted by Gasteiger charge is 2.37. The fraction of sp³-hybridized carbons (Fsp3) is 0.0612. The normalized spacial score (nSPS) is 13.3. The zero-order chi connectivity index (χ0) is 34.6. The third-order valence-electron chi connectivity index (χ3n) is 11.3. The van der Waals surface area contributed by atoms with E-state index in [1.807, 2.05) is 11.3 Å². The first-order chi connectivity index (χ1) is 25.5. The van der Waals surface area contributed by atoms with E-state index in [0.717, 1.165) is 33.3 Å². The van der Waals surface area contributed by atoms with E-state index in [1.54, 1.807) is 0 Å². The van der Waals surface area contributed by atoms with Crippen LogP contribution in [0.25, 0.3) is 75.1 Å². The quantitative estimate of drug-likeness (QED) is 0.184. The number of anilines is 3. The lowest BCUT2D eigenvalue weighted by Gasteiger charge is -2.29. The summed E-state index contributed by atoms with van der Waals surface area (Å²) in [6.07, 6.45) is 0. The molecule has 0 fully saturated rings. The van der Waals surface area contributed by atoms with Gasteiger partial charge in [0.2, 0.25) is 0 Å². The van der Waals surface area contributed by atoms with Crippen molar-refractivity contribution in [3.8, 4) is 22.3 Å². The average molecular weight is 684 g/mol. The molecule has 0 radical (unpaired) electrons. The Morgan fingerprint density at radius 1 is 0.519 bits per heavy atom. The van der Waals surface area contributed by atoms with Crippen LogP contribution in [0.4, 0.5) is 17.1 Å². The van der Waals surface area contributed by atoms with Crippen LogP contribution in [0.15, 0.2) is 168 Å². The molecule has 0 atom stereocenters. The molecular formula is C49H33NOS. The summed E-state index contributed by atoms with van der Waals surface area (Å²) in [5.41, 5.74) is 13.0. The molecule has 52 heavy (non-hydrogen) atoms. The van der Waals surface area contributed by atoms with E-state index in [2.05, 4.69) is 183 Å². The van der Waals surface area contributed by atoms with Crippen LogP contribution in [0, 0.1) is 0 Å². The van der Waals surface area contributed by atoms with Gasteiger partial charge in [-0.1, -0.05) is 123 Å². The van der Waals surface area contributed by atoms with E-state index >= 15 is 0 Å². The standard InChI is InChI=1S/C49H33NOS/c1-49(2)39-16-9-8-15-36(39)45-40(49)17-10-18-41(45)50(33-22-19-31(20-23-33)30-11-4-3-5-12-30)34-24-27-43-38(29-34)47-44(52-43)28-26-42-46(47)37-25-21-32-13-6-7-14-35(32)48(37)51-42/h3-29H,1-2H3. The van der Waals surface area contributed by atoms with Crippen LogP contribution in [0.1, 0.15) is 25.0 Å². The van der Waals surface area contributed by atoms with Crippen molar-refractivity contribution in [2.24, 2.45) is 0 Å². The number of rotatable bonds is 4. The fourth-order valence-electron chi connectivity index (χ4n) is 8.77. The maximum Gasteiger partial charge on any atom is 0.143 e. The molecule has 0 N–H and O–H groups in total. The molecule has 0 bridgehead atoms. The fourth-order valence-corrected chi connectivity index (χ4v) is 9.87. The molecule has 0 unspecified atom stereocenters. The maximum atomic E-state index is 6.65. The number of thiophene rings is 1. The lowest BCUT2D eigenvalue weighted by molar-refractivity contribution is 0.660. The molecule has 0 amide bonds. The summed E-state index contributed by atoms with van der Waals surface area (Å²) in [6, 6.07) is 59.8. The molecule has 2 aromatic heterocycles. The number of hydrogen-bond acceptors (Lipinski definition) is 3. The summed E-state index contributed by atoms with van der Waals surface area (Å²) >= 11 is 1.85. The second kappa shape index (κ2) is 10.9. The SMILES string of the molecule is CC1(C)c2ccccc2-c2c(N(c3ccc(-c4ccccc4)cc3)c3ccc4sc5ccc6oc7c8ccccc8ccc7c6c5c4c3)cccc21. The largest absolute Gasteiger partial charge is 0.455 e. The van der Waals surface area contributed by atoms with Crippen molar-refractivity contribution >= 4 is 81.3 Å². The average Bonchev–Trinajstić information content (AvgIpc) is 3.83. The number of fused-ring (bicyclic) bond motifs is 12. The van der Waals surface area contributed by atoms with Gasteiger partial charge in [0.05, 0.1) is 5.69 Å². The first-order valence-corrected chi connectivity index (χ1v) is 18.7. The van der Waals surface area contributed by atoms with Gasteiger partial charge in [-0.05, 0) is 87.8 Å². The monoisotopic (exact) mass is 683 g/mol. The Morgan fingerprint density at radius 3 is 2.13 bits per heavy atom. The van der Waals surface area contributed by atoms with E-state index < -0.39 is 0 Å². The number of nitrogens with zero attached hydrogens (tertiary/aromatic N) is 1. The van der Waals surface area contributed by atoms with Crippen LogP contribution in [-0.2, 0) is 5.41 Å². The van der Waals surface area contributed by atoms with E-state index in [-0.39, 0.29) is 5.41 Å². The lowest BCUT2D eigenvalue weighted by Crippen LogP contribution is -2.16. The van der Waals surface area contributed by atoms with Gasteiger partial charge in [0.15, 0.2) is 0 Å². The minimum Gasteiger partial charge on any atom is -0.455 e. The Morgan fingerprint density at radius 2 is 1.25 bits per heavy atom. The van der Waals surface area contributed by atoms with Crippen LogP contribution in [0.2, 0.25) is 0 Å². The molecular weight excluding hydrogens is 651 g/mol. The predicted molar refractivity (Wildman–Crippen MR) is 222 cm³/mol. The molecule has 246 valence electrons.